The van der Waals surface area contributed by atoms with Crippen molar-refractivity contribution >= 4 is 18.1 Å². The molecule has 0 saturated heterocycles. The fraction of sp³-hybridized carbons (Fsp3) is 0.538. The average molecular weight is 237 g/mol. The van der Waals surface area contributed by atoms with Crippen molar-refractivity contribution in [3.63, 3.8) is 0 Å². The molecule has 1 aromatic carbocycles. The van der Waals surface area contributed by atoms with Gasteiger partial charge in [-0.1, -0.05) is 6.07 Å². The van der Waals surface area contributed by atoms with E-state index in [-0.39, 0.29) is 0 Å². The summed E-state index contributed by atoms with van der Waals surface area (Å²) in [7, 11) is -2.19. The van der Waals surface area contributed by atoms with Crippen LogP contribution in [0.25, 0.3) is 0 Å². The Morgan fingerprint density at radius 3 is 2.56 bits per heavy atom. The van der Waals surface area contributed by atoms with Gasteiger partial charge >= 0.3 is 0 Å². The molecule has 1 N–H and O–H groups in total. The summed E-state index contributed by atoms with van der Waals surface area (Å²) < 4.78 is 12.3. The van der Waals surface area contributed by atoms with E-state index in [0.717, 1.165) is 23.5 Å². The Hall–Kier alpha value is -0.750. The van der Waals surface area contributed by atoms with Crippen molar-refractivity contribution < 1.29 is 4.57 Å². The van der Waals surface area contributed by atoms with Gasteiger partial charge in [0.2, 0.25) is 0 Å². The topological polar surface area (TPSA) is 29.1 Å². The molecule has 1 aliphatic rings. The second-order valence-corrected chi connectivity index (χ2v) is 8.12. The van der Waals surface area contributed by atoms with E-state index in [2.05, 4.69) is 30.4 Å². The van der Waals surface area contributed by atoms with Crippen molar-refractivity contribution in [1.29, 1.82) is 0 Å². The van der Waals surface area contributed by atoms with E-state index < -0.39 is 7.14 Å². The van der Waals surface area contributed by atoms with Crippen LogP contribution in [0, 0.1) is 0 Å². The van der Waals surface area contributed by atoms with Crippen molar-refractivity contribution in [2.75, 3.05) is 25.2 Å². The van der Waals surface area contributed by atoms with Crippen LogP contribution in [0.5, 0.6) is 0 Å². The zero-order valence-electron chi connectivity index (χ0n) is 10.3. The first-order chi connectivity index (χ1) is 7.52. The van der Waals surface area contributed by atoms with Gasteiger partial charge in [-0.3, -0.25) is 0 Å². The highest BCUT2D eigenvalue weighted by Gasteiger charge is 2.26. The lowest BCUT2D eigenvalue weighted by Crippen LogP contribution is -2.13. The molecule has 0 heterocycles. The van der Waals surface area contributed by atoms with Gasteiger partial charge in [0.15, 0.2) is 0 Å². The zero-order valence-corrected chi connectivity index (χ0v) is 11.2. The SMILES string of the molecule is CCNc1ccc(C2CC2)cc1P(C)(C)=O. The van der Waals surface area contributed by atoms with E-state index >= 15 is 0 Å². The molecule has 1 aromatic rings. The van der Waals surface area contributed by atoms with Crippen molar-refractivity contribution in [3.05, 3.63) is 23.8 Å². The molecule has 0 atom stereocenters. The summed E-state index contributed by atoms with van der Waals surface area (Å²) in [5, 5.41) is 4.31. The number of rotatable bonds is 4. The van der Waals surface area contributed by atoms with E-state index in [4.69, 9.17) is 0 Å². The minimum absolute atomic E-state index is 0.723. The molecule has 2 nitrogen and oxygen atoms in total. The van der Waals surface area contributed by atoms with Gasteiger partial charge in [-0.15, -0.1) is 0 Å². The van der Waals surface area contributed by atoms with Crippen LogP contribution in [0.1, 0.15) is 31.2 Å². The van der Waals surface area contributed by atoms with Crippen LogP contribution in [0.3, 0.4) is 0 Å². The molecular formula is C13H20NOP. The Morgan fingerprint density at radius 1 is 1.38 bits per heavy atom. The van der Waals surface area contributed by atoms with Gasteiger partial charge in [0.25, 0.3) is 0 Å². The molecule has 0 aliphatic heterocycles. The Labute approximate surface area is 97.8 Å². The quantitative estimate of drug-likeness (QED) is 0.814. The summed E-state index contributed by atoms with van der Waals surface area (Å²) >= 11 is 0. The molecule has 1 aliphatic carbocycles. The predicted molar refractivity (Wildman–Crippen MR) is 71.7 cm³/mol. The van der Waals surface area contributed by atoms with E-state index in [1.54, 1.807) is 0 Å². The van der Waals surface area contributed by atoms with Gasteiger partial charge in [0.1, 0.15) is 7.14 Å². The van der Waals surface area contributed by atoms with Gasteiger partial charge in [-0.25, -0.2) is 0 Å². The highest BCUT2D eigenvalue weighted by molar-refractivity contribution is 7.70. The molecule has 16 heavy (non-hydrogen) atoms. The van der Waals surface area contributed by atoms with Crippen molar-refractivity contribution in [3.8, 4) is 0 Å². The van der Waals surface area contributed by atoms with Crippen LogP contribution < -0.4 is 10.6 Å². The molecule has 0 spiro atoms. The van der Waals surface area contributed by atoms with Gasteiger partial charge in [-0.05, 0) is 56.7 Å². The largest absolute Gasteiger partial charge is 0.385 e. The number of anilines is 1. The minimum atomic E-state index is -2.19. The molecule has 0 amide bonds. The number of benzene rings is 1. The van der Waals surface area contributed by atoms with Gasteiger partial charge < -0.3 is 9.88 Å². The lowest BCUT2D eigenvalue weighted by Gasteiger charge is -2.15. The molecule has 1 fully saturated rings. The fourth-order valence-corrected chi connectivity index (χ4v) is 3.20. The first kappa shape index (κ1) is 11.7. The first-order valence-electron chi connectivity index (χ1n) is 5.95. The second-order valence-electron chi connectivity index (χ2n) is 4.93. The third-order valence-corrected chi connectivity index (χ3v) is 4.55. The first-order valence-corrected chi connectivity index (χ1v) is 8.56. The van der Waals surface area contributed by atoms with Crippen LogP contribution in [0.2, 0.25) is 0 Å². The van der Waals surface area contributed by atoms with E-state index in [1.165, 1.54) is 18.4 Å². The molecule has 1 saturated carbocycles. The lowest BCUT2D eigenvalue weighted by atomic mass is 10.1. The second kappa shape index (κ2) is 4.25. The van der Waals surface area contributed by atoms with Crippen molar-refractivity contribution in [2.45, 2.75) is 25.7 Å². The van der Waals surface area contributed by atoms with Crippen molar-refractivity contribution in [2.24, 2.45) is 0 Å². The lowest BCUT2D eigenvalue weighted by molar-refractivity contribution is 0.588. The molecular weight excluding hydrogens is 217 g/mol. The summed E-state index contributed by atoms with van der Waals surface area (Å²) in [6, 6.07) is 6.41. The predicted octanol–water partition coefficient (Wildman–Crippen LogP) is 3.24. The fourth-order valence-electron chi connectivity index (χ4n) is 2.00. The molecule has 0 unspecified atom stereocenters. The molecule has 0 bridgehead atoms. The number of hydrogen-bond donors (Lipinski definition) is 1. The van der Waals surface area contributed by atoms with Crippen LogP contribution in [-0.4, -0.2) is 19.9 Å². The third kappa shape index (κ3) is 2.49. The summed E-state index contributed by atoms with van der Waals surface area (Å²) in [5.41, 5.74) is 2.40. The highest BCUT2D eigenvalue weighted by atomic mass is 31.2. The van der Waals surface area contributed by atoms with Crippen molar-refractivity contribution in [1.82, 2.24) is 0 Å². The number of hydrogen-bond acceptors (Lipinski definition) is 2. The summed E-state index contributed by atoms with van der Waals surface area (Å²) in [4.78, 5) is 0. The smallest absolute Gasteiger partial charge is 0.111 e. The summed E-state index contributed by atoms with van der Waals surface area (Å²) in [6.45, 7) is 6.63. The molecule has 3 heteroatoms. The Morgan fingerprint density at radius 2 is 2.06 bits per heavy atom. The van der Waals surface area contributed by atoms with E-state index in [0.29, 0.717) is 0 Å². The van der Waals surface area contributed by atoms with E-state index in [1.807, 2.05) is 13.3 Å². The van der Waals surface area contributed by atoms with Gasteiger partial charge in [0, 0.05) is 17.5 Å². The maximum atomic E-state index is 12.3. The maximum Gasteiger partial charge on any atom is 0.111 e. The van der Waals surface area contributed by atoms with Gasteiger partial charge in [-0.2, -0.15) is 0 Å². The molecule has 0 radical (unpaired) electrons. The standard InChI is InChI=1S/C13H20NOP/c1-4-14-12-8-7-11(10-5-6-10)9-13(12)16(2,3)15/h7-10,14H,4-6H2,1-3H3. The minimum Gasteiger partial charge on any atom is -0.385 e. The monoisotopic (exact) mass is 237 g/mol. The Bertz CT molecular complexity index is 432. The van der Waals surface area contributed by atoms with Gasteiger partial charge in [0.05, 0.1) is 0 Å². The Balaban J connectivity index is 2.42. The molecule has 2 rings (SSSR count). The van der Waals surface area contributed by atoms with E-state index in [9.17, 15) is 4.57 Å². The summed E-state index contributed by atoms with van der Waals surface area (Å²) in [6.07, 6.45) is 2.58. The molecule has 88 valence electrons. The molecule has 0 aromatic heterocycles. The maximum absolute atomic E-state index is 12.3. The van der Waals surface area contributed by atoms with Crippen LogP contribution in [-0.2, 0) is 4.57 Å². The van der Waals surface area contributed by atoms with Crippen LogP contribution >= 0.6 is 7.14 Å². The van der Waals surface area contributed by atoms with Crippen LogP contribution in [0.15, 0.2) is 18.2 Å². The normalized spacial score (nSPS) is 16.2. The van der Waals surface area contributed by atoms with Crippen LogP contribution in [0.4, 0.5) is 5.69 Å². The average Bonchev–Trinajstić information content (AvgIpc) is 3.00. The highest BCUT2D eigenvalue weighted by Crippen LogP contribution is 2.43. The third-order valence-electron chi connectivity index (χ3n) is 3.02. The Kier molecular flexibility index (Phi) is 3.12. The zero-order chi connectivity index (χ0) is 11.8. The number of nitrogens with one attached hydrogen (secondary N) is 1. The summed E-state index contributed by atoms with van der Waals surface area (Å²) in [5.74, 6) is 0.723.